The van der Waals surface area contributed by atoms with Crippen molar-refractivity contribution in [3.8, 4) is 0 Å². The lowest BCUT2D eigenvalue weighted by atomic mass is 9.96. The van der Waals surface area contributed by atoms with Gasteiger partial charge in [0.25, 0.3) is 5.91 Å². The van der Waals surface area contributed by atoms with Crippen LogP contribution < -0.4 is 5.32 Å². The van der Waals surface area contributed by atoms with E-state index in [2.05, 4.69) is 33.9 Å². The Morgan fingerprint density at radius 1 is 1.41 bits per heavy atom. The van der Waals surface area contributed by atoms with Gasteiger partial charge in [0.2, 0.25) is 0 Å². The summed E-state index contributed by atoms with van der Waals surface area (Å²) in [6.07, 6.45) is 7.57. The molecule has 0 saturated carbocycles. The van der Waals surface area contributed by atoms with Gasteiger partial charge in [-0.3, -0.25) is 4.79 Å². The zero-order valence-corrected chi connectivity index (χ0v) is 13.1. The van der Waals surface area contributed by atoms with Crippen molar-refractivity contribution in [1.29, 1.82) is 0 Å². The molecule has 2 aromatic heterocycles. The Morgan fingerprint density at radius 2 is 2.23 bits per heavy atom. The number of imidazole rings is 1. The first-order chi connectivity index (χ1) is 10.6. The average Bonchev–Trinajstić information content (AvgIpc) is 3.11. The van der Waals surface area contributed by atoms with Crippen LogP contribution in [0.1, 0.15) is 54.2 Å². The molecule has 1 amide bonds. The third-order valence-electron chi connectivity index (χ3n) is 3.96. The highest BCUT2D eigenvalue weighted by Crippen LogP contribution is 2.24. The van der Waals surface area contributed by atoms with Crippen molar-refractivity contribution in [3.05, 3.63) is 35.2 Å². The van der Waals surface area contributed by atoms with E-state index in [9.17, 15) is 4.79 Å². The number of hydrogen-bond acceptors (Lipinski definition) is 4. The molecule has 0 saturated heterocycles. The molecule has 6 nitrogen and oxygen atoms in total. The van der Waals surface area contributed by atoms with Crippen LogP contribution in [-0.4, -0.2) is 20.6 Å². The molecule has 118 valence electrons. The van der Waals surface area contributed by atoms with E-state index in [1.54, 1.807) is 12.5 Å². The Labute approximate surface area is 129 Å². The van der Waals surface area contributed by atoms with E-state index in [4.69, 9.17) is 4.52 Å². The van der Waals surface area contributed by atoms with Crippen LogP contribution in [-0.2, 0) is 25.9 Å². The van der Waals surface area contributed by atoms with Gasteiger partial charge in [-0.25, -0.2) is 4.98 Å². The quantitative estimate of drug-likeness (QED) is 0.920. The Balaban J connectivity index is 1.66. The molecule has 0 unspecified atom stereocenters. The SMILES string of the molecule is CC(C)Cn1cncc1CNC(=O)c1noc2c1CCCC2. The molecule has 0 bridgehead atoms. The highest BCUT2D eigenvalue weighted by molar-refractivity contribution is 5.93. The summed E-state index contributed by atoms with van der Waals surface area (Å²) in [4.78, 5) is 16.5. The molecule has 6 heteroatoms. The fraction of sp³-hybridized carbons (Fsp3) is 0.562. The summed E-state index contributed by atoms with van der Waals surface area (Å²) < 4.78 is 7.37. The third kappa shape index (κ3) is 3.05. The first kappa shape index (κ1) is 14.8. The molecule has 3 rings (SSSR count). The number of carbonyl (C=O) groups excluding carboxylic acids is 1. The molecule has 0 atom stereocenters. The maximum Gasteiger partial charge on any atom is 0.274 e. The lowest BCUT2D eigenvalue weighted by Crippen LogP contribution is -2.26. The zero-order chi connectivity index (χ0) is 15.5. The number of aromatic nitrogens is 3. The summed E-state index contributed by atoms with van der Waals surface area (Å²) in [7, 11) is 0. The van der Waals surface area contributed by atoms with E-state index in [0.717, 1.165) is 49.2 Å². The van der Waals surface area contributed by atoms with Crippen LogP contribution in [0.25, 0.3) is 0 Å². The zero-order valence-electron chi connectivity index (χ0n) is 13.1. The second kappa shape index (κ2) is 6.34. The number of rotatable bonds is 5. The molecule has 2 aromatic rings. The number of hydrogen-bond donors (Lipinski definition) is 1. The van der Waals surface area contributed by atoms with Gasteiger partial charge in [0, 0.05) is 24.7 Å². The van der Waals surface area contributed by atoms with Crippen molar-refractivity contribution >= 4 is 5.91 Å². The summed E-state index contributed by atoms with van der Waals surface area (Å²) in [5.74, 6) is 1.25. The van der Waals surface area contributed by atoms with Crippen molar-refractivity contribution in [2.75, 3.05) is 0 Å². The van der Waals surface area contributed by atoms with Gasteiger partial charge in [0.15, 0.2) is 5.69 Å². The topological polar surface area (TPSA) is 73.0 Å². The van der Waals surface area contributed by atoms with E-state index < -0.39 is 0 Å². The molecule has 22 heavy (non-hydrogen) atoms. The molecule has 2 heterocycles. The van der Waals surface area contributed by atoms with E-state index in [1.807, 2.05) is 0 Å². The molecule has 0 spiro atoms. The lowest BCUT2D eigenvalue weighted by molar-refractivity contribution is 0.0940. The van der Waals surface area contributed by atoms with E-state index in [1.165, 1.54) is 0 Å². The van der Waals surface area contributed by atoms with Crippen molar-refractivity contribution in [1.82, 2.24) is 20.0 Å². The van der Waals surface area contributed by atoms with Crippen molar-refractivity contribution in [2.45, 2.75) is 52.6 Å². The number of nitrogens with zero attached hydrogens (tertiary/aromatic N) is 3. The number of aryl methyl sites for hydroxylation is 1. The Hall–Kier alpha value is -2.11. The van der Waals surface area contributed by atoms with Gasteiger partial charge in [-0.1, -0.05) is 19.0 Å². The van der Waals surface area contributed by atoms with Crippen LogP contribution in [0, 0.1) is 5.92 Å². The van der Waals surface area contributed by atoms with Gasteiger partial charge >= 0.3 is 0 Å². The molecule has 0 fully saturated rings. The first-order valence-corrected chi connectivity index (χ1v) is 7.89. The summed E-state index contributed by atoms with van der Waals surface area (Å²) in [5, 5.41) is 6.89. The average molecular weight is 302 g/mol. The molecule has 0 radical (unpaired) electrons. The fourth-order valence-electron chi connectivity index (χ4n) is 2.87. The number of amides is 1. The van der Waals surface area contributed by atoms with E-state index >= 15 is 0 Å². The minimum absolute atomic E-state index is 0.163. The van der Waals surface area contributed by atoms with Gasteiger partial charge in [-0.05, 0) is 25.2 Å². The third-order valence-corrected chi connectivity index (χ3v) is 3.96. The maximum atomic E-state index is 12.3. The van der Waals surface area contributed by atoms with Gasteiger partial charge in [-0.15, -0.1) is 0 Å². The van der Waals surface area contributed by atoms with Crippen LogP contribution in [0.2, 0.25) is 0 Å². The molecule has 1 N–H and O–H groups in total. The summed E-state index contributed by atoms with van der Waals surface area (Å²) in [5.41, 5.74) is 2.43. The van der Waals surface area contributed by atoms with Crippen molar-refractivity contribution < 1.29 is 9.32 Å². The normalized spacial score (nSPS) is 14.1. The Kier molecular flexibility index (Phi) is 4.27. The number of fused-ring (bicyclic) bond motifs is 1. The highest BCUT2D eigenvalue weighted by atomic mass is 16.5. The second-order valence-electron chi connectivity index (χ2n) is 6.25. The standard InChI is InChI=1S/C16H22N4O2/c1-11(2)9-20-10-17-7-12(20)8-18-16(21)15-13-5-3-4-6-14(13)22-19-15/h7,10-11H,3-6,8-9H2,1-2H3,(H,18,21). The van der Waals surface area contributed by atoms with E-state index in [0.29, 0.717) is 18.2 Å². The maximum absolute atomic E-state index is 12.3. The van der Waals surface area contributed by atoms with E-state index in [-0.39, 0.29) is 5.91 Å². The molecule has 0 aliphatic heterocycles. The van der Waals surface area contributed by atoms with Crippen molar-refractivity contribution in [2.24, 2.45) is 5.92 Å². The fourth-order valence-corrected chi connectivity index (χ4v) is 2.87. The Morgan fingerprint density at radius 3 is 3.05 bits per heavy atom. The summed E-state index contributed by atoms with van der Waals surface area (Å²) >= 11 is 0. The summed E-state index contributed by atoms with van der Waals surface area (Å²) in [6.45, 7) is 5.66. The minimum atomic E-state index is -0.163. The second-order valence-corrected chi connectivity index (χ2v) is 6.25. The first-order valence-electron chi connectivity index (χ1n) is 7.89. The van der Waals surface area contributed by atoms with Crippen LogP contribution in [0.5, 0.6) is 0 Å². The smallest absolute Gasteiger partial charge is 0.274 e. The highest BCUT2D eigenvalue weighted by Gasteiger charge is 2.23. The van der Waals surface area contributed by atoms with Gasteiger partial charge in [-0.2, -0.15) is 0 Å². The van der Waals surface area contributed by atoms with Gasteiger partial charge < -0.3 is 14.4 Å². The van der Waals surface area contributed by atoms with Crippen LogP contribution in [0.4, 0.5) is 0 Å². The lowest BCUT2D eigenvalue weighted by Gasteiger charge is -2.12. The van der Waals surface area contributed by atoms with Crippen LogP contribution in [0.3, 0.4) is 0 Å². The van der Waals surface area contributed by atoms with Crippen molar-refractivity contribution in [3.63, 3.8) is 0 Å². The molecule has 1 aliphatic carbocycles. The molecular formula is C16H22N4O2. The van der Waals surface area contributed by atoms with Crippen LogP contribution in [0.15, 0.2) is 17.0 Å². The minimum Gasteiger partial charge on any atom is -0.360 e. The summed E-state index contributed by atoms with van der Waals surface area (Å²) in [6, 6.07) is 0. The largest absolute Gasteiger partial charge is 0.360 e. The van der Waals surface area contributed by atoms with Gasteiger partial charge in [0.05, 0.1) is 18.6 Å². The number of carbonyl (C=O) groups is 1. The van der Waals surface area contributed by atoms with Crippen LogP contribution >= 0.6 is 0 Å². The van der Waals surface area contributed by atoms with Gasteiger partial charge in [0.1, 0.15) is 5.76 Å². The molecular weight excluding hydrogens is 280 g/mol. The Bertz CT molecular complexity index is 657. The predicted octanol–water partition coefficient (Wildman–Crippen LogP) is 2.34. The number of nitrogens with one attached hydrogen (secondary N) is 1. The predicted molar refractivity (Wildman–Crippen MR) is 81.4 cm³/mol. The molecule has 0 aromatic carbocycles. The monoisotopic (exact) mass is 302 g/mol. The molecule has 1 aliphatic rings.